The highest BCUT2D eigenvalue weighted by Gasteiger charge is 2.19. The monoisotopic (exact) mass is 230 g/mol. The Kier molecular flexibility index (Phi) is 6.32. The summed E-state index contributed by atoms with van der Waals surface area (Å²) in [7, 11) is 0. The van der Waals surface area contributed by atoms with Crippen LogP contribution >= 0.6 is 0 Å². The molecule has 0 fully saturated rings. The summed E-state index contributed by atoms with van der Waals surface area (Å²) >= 11 is 0. The zero-order valence-electron chi connectivity index (χ0n) is 9.56. The second-order valence-corrected chi connectivity index (χ2v) is 4.00. The van der Waals surface area contributed by atoms with Crippen molar-refractivity contribution in [1.29, 1.82) is 0 Å². The molecule has 92 valence electrons. The Bertz CT molecular complexity index is 276. The Morgan fingerprint density at radius 1 is 1.19 bits per heavy atom. The topological polar surface area (TPSA) is 112 Å². The average Bonchev–Trinajstić information content (AvgIpc) is 2.13. The van der Waals surface area contributed by atoms with Crippen LogP contribution in [-0.2, 0) is 19.1 Å². The third-order valence-corrected chi connectivity index (χ3v) is 1.82. The fourth-order valence-corrected chi connectivity index (χ4v) is 1.07. The normalized spacial score (nSPS) is 12.2. The molecule has 0 bridgehead atoms. The molecule has 0 aliphatic rings. The molecular weight excluding hydrogens is 212 g/mol. The van der Waals surface area contributed by atoms with Gasteiger partial charge in [0.25, 0.3) is 0 Å². The summed E-state index contributed by atoms with van der Waals surface area (Å²) in [5.74, 6) is -1.91. The van der Waals surface area contributed by atoms with E-state index in [0.717, 1.165) is 0 Å². The third kappa shape index (κ3) is 6.94. The first-order chi connectivity index (χ1) is 7.32. The lowest BCUT2D eigenvalue weighted by atomic mass is 10.1. The molecule has 6 heteroatoms. The predicted octanol–water partition coefficient (Wildman–Crippen LogP) is -0.305. The van der Waals surface area contributed by atoms with Crippen molar-refractivity contribution < 1.29 is 19.1 Å². The van der Waals surface area contributed by atoms with Crippen molar-refractivity contribution in [2.24, 2.45) is 17.4 Å². The lowest BCUT2D eigenvalue weighted by Crippen LogP contribution is -2.35. The lowest BCUT2D eigenvalue weighted by Gasteiger charge is -2.11. The van der Waals surface area contributed by atoms with Crippen LogP contribution in [0.25, 0.3) is 0 Å². The summed E-state index contributed by atoms with van der Waals surface area (Å²) in [6, 6.07) is -0.808. The fourth-order valence-electron chi connectivity index (χ4n) is 1.07. The molecule has 1 unspecified atom stereocenters. The number of carbonyl (C=O) groups is 3. The van der Waals surface area contributed by atoms with Crippen molar-refractivity contribution in [2.75, 3.05) is 0 Å². The van der Waals surface area contributed by atoms with Crippen molar-refractivity contribution in [3.05, 3.63) is 0 Å². The van der Waals surface area contributed by atoms with Gasteiger partial charge in [0.2, 0.25) is 5.91 Å². The molecule has 0 aliphatic carbocycles. The van der Waals surface area contributed by atoms with Gasteiger partial charge in [0.15, 0.2) is 0 Å². The molecule has 4 N–H and O–H groups in total. The quantitative estimate of drug-likeness (QED) is 0.480. The SMILES string of the molecule is CC(C)CC(N)C(=O)OC(=O)CCC(N)=O. The van der Waals surface area contributed by atoms with Crippen LogP contribution in [-0.4, -0.2) is 23.9 Å². The van der Waals surface area contributed by atoms with E-state index in [1.165, 1.54) is 0 Å². The summed E-state index contributed by atoms with van der Waals surface area (Å²) in [6.45, 7) is 3.81. The van der Waals surface area contributed by atoms with Gasteiger partial charge < -0.3 is 16.2 Å². The molecule has 0 spiro atoms. The lowest BCUT2D eigenvalue weighted by molar-refractivity contribution is -0.161. The first kappa shape index (κ1) is 14.6. The molecular formula is C10H18N2O4. The number of hydrogen-bond acceptors (Lipinski definition) is 5. The molecule has 0 radical (unpaired) electrons. The van der Waals surface area contributed by atoms with E-state index in [2.05, 4.69) is 4.74 Å². The van der Waals surface area contributed by atoms with E-state index in [1.54, 1.807) is 0 Å². The number of amides is 1. The molecule has 16 heavy (non-hydrogen) atoms. The van der Waals surface area contributed by atoms with E-state index in [4.69, 9.17) is 11.5 Å². The molecule has 1 atom stereocenters. The molecule has 0 saturated carbocycles. The number of carbonyl (C=O) groups excluding carboxylic acids is 3. The zero-order chi connectivity index (χ0) is 12.7. The fraction of sp³-hybridized carbons (Fsp3) is 0.700. The van der Waals surface area contributed by atoms with Gasteiger partial charge in [-0.1, -0.05) is 13.8 Å². The summed E-state index contributed by atoms with van der Waals surface area (Å²) in [6.07, 6.45) is 0.114. The Morgan fingerprint density at radius 2 is 1.75 bits per heavy atom. The maximum atomic E-state index is 11.2. The third-order valence-electron chi connectivity index (χ3n) is 1.82. The van der Waals surface area contributed by atoms with Gasteiger partial charge in [-0.2, -0.15) is 0 Å². The van der Waals surface area contributed by atoms with Crippen LogP contribution in [0.3, 0.4) is 0 Å². The van der Waals surface area contributed by atoms with E-state index < -0.39 is 23.9 Å². The standard InChI is InChI=1S/C10H18N2O4/c1-6(2)5-7(11)10(15)16-9(14)4-3-8(12)13/h6-7H,3-5,11H2,1-2H3,(H2,12,13). The molecule has 0 aromatic heterocycles. The largest absolute Gasteiger partial charge is 0.392 e. The molecule has 0 aliphatic heterocycles. The van der Waals surface area contributed by atoms with Crippen molar-refractivity contribution in [1.82, 2.24) is 0 Å². The van der Waals surface area contributed by atoms with Crippen LogP contribution < -0.4 is 11.5 Å². The summed E-state index contributed by atoms with van der Waals surface area (Å²) in [5.41, 5.74) is 10.3. The molecule has 0 aromatic rings. The van der Waals surface area contributed by atoms with Crippen LogP contribution in [0.5, 0.6) is 0 Å². The smallest absolute Gasteiger partial charge is 0.330 e. The number of ether oxygens (including phenoxy) is 1. The first-order valence-corrected chi connectivity index (χ1v) is 5.11. The highest BCUT2D eigenvalue weighted by atomic mass is 16.6. The van der Waals surface area contributed by atoms with E-state index in [9.17, 15) is 14.4 Å². The van der Waals surface area contributed by atoms with E-state index in [0.29, 0.717) is 6.42 Å². The van der Waals surface area contributed by atoms with Gasteiger partial charge in [0.1, 0.15) is 6.04 Å². The van der Waals surface area contributed by atoms with Gasteiger partial charge in [-0.25, -0.2) is 4.79 Å². The van der Waals surface area contributed by atoms with Crippen LogP contribution in [0.15, 0.2) is 0 Å². The molecule has 0 heterocycles. The number of rotatable bonds is 6. The second kappa shape index (κ2) is 6.95. The van der Waals surface area contributed by atoms with Gasteiger partial charge in [0.05, 0.1) is 6.42 Å². The van der Waals surface area contributed by atoms with Crippen molar-refractivity contribution >= 4 is 17.8 Å². The first-order valence-electron chi connectivity index (χ1n) is 5.11. The average molecular weight is 230 g/mol. The summed E-state index contributed by atoms with van der Waals surface area (Å²) in [5, 5.41) is 0. The van der Waals surface area contributed by atoms with Crippen LogP contribution in [0.4, 0.5) is 0 Å². The molecule has 0 rings (SSSR count). The Labute approximate surface area is 94.3 Å². The highest BCUT2D eigenvalue weighted by Crippen LogP contribution is 2.04. The zero-order valence-corrected chi connectivity index (χ0v) is 9.56. The molecule has 0 saturated heterocycles. The van der Waals surface area contributed by atoms with Crippen LogP contribution in [0, 0.1) is 5.92 Å². The number of primary amides is 1. The Hall–Kier alpha value is -1.43. The Balaban J connectivity index is 3.94. The Morgan fingerprint density at radius 3 is 2.19 bits per heavy atom. The van der Waals surface area contributed by atoms with Crippen molar-refractivity contribution in [3.8, 4) is 0 Å². The maximum absolute atomic E-state index is 11.2. The van der Waals surface area contributed by atoms with Gasteiger partial charge in [-0.05, 0) is 12.3 Å². The van der Waals surface area contributed by atoms with Gasteiger partial charge in [-0.15, -0.1) is 0 Å². The maximum Gasteiger partial charge on any atom is 0.330 e. The van der Waals surface area contributed by atoms with Gasteiger partial charge in [-0.3, -0.25) is 9.59 Å². The number of nitrogens with two attached hydrogens (primary N) is 2. The van der Waals surface area contributed by atoms with Gasteiger partial charge >= 0.3 is 11.9 Å². The number of hydrogen-bond donors (Lipinski definition) is 2. The predicted molar refractivity (Wildman–Crippen MR) is 57.0 cm³/mol. The van der Waals surface area contributed by atoms with E-state index in [1.807, 2.05) is 13.8 Å². The molecule has 6 nitrogen and oxygen atoms in total. The van der Waals surface area contributed by atoms with E-state index >= 15 is 0 Å². The van der Waals surface area contributed by atoms with Gasteiger partial charge in [0, 0.05) is 6.42 Å². The minimum atomic E-state index is -0.808. The minimum Gasteiger partial charge on any atom is -0.392 e. The minimum absolute atomic E-state index is 0.133. The van der Waals surface area contributed by atoms with Crippen molar-refractivity contribution in [3.63, 3.8) is 0 Å². The van der Waals surface area contributed by atoms with E-state index in [-0.39, 0.29) is 18.8 Å². The number of esters is 2. The van der Waals surface area contributed by atoms with Crippen LogP contribution in [0.2, 0.25) is 0 Å². The highest BCUT2D eigenvalue weighted by molar-refractivity contribution is 5.89. The molecule has 0 aromatic carbocycles. The van der Waals surface area contributed by atoms with Crippen LogP contribution in [0.1, 0.15) is 33.1 Å². The summed E-state index contributed by atoms with van der Waals surface area (Å²) in [4.78, 5) is 32.7. The summed E-state index contributed by atoms with van der Waals surface area (Å²) < 4.78 is 4.45. The molecule has 1 amide bonds. The second-order valence-electron chi connectivity index (χ2n) is 4.00. The van der Waals surface area contributed by atoms with Crippen molar-refractivity contribution in [2.45, 2.75) is 39.2 Å².